The highest BCUT2D eigenvalue weighted by Gasteiger charge is 2.47. The maximum Gasteiger partial charge on any atom is 0.199 e. The number of hydrogen-bond acceptors (Lipinski definition) is 6. The summed E-state index contributed by atoms with van der Waals surface area (Å²) in [6.07, 6.45) is 17.7. The first kappa shape index (κ1) is 25.2. The predicted octanol–water partition coefficient (Wildman–Crippen LogP) is 5.27. The highest BCUT2D eigenvalue weighted by atomic mass is 16.7. The van der Waals surface area contributed by atoms with E-state index in [1.54, 1.807) is 0 Å². The number of carbonyl (C=O) groups excluding carboxylic acids is 1. The van der Waals surface area contributed by atoms with Crippen LogP contribution in [0.2, 0.25) is 0 Å². The Labute approximate surface area is 199 Å². The molecule has 6 atom stereocenters. The topological polar surface area (TPSA) is 74.2 Å². The molecule has 2 saturated heterocycles. The van der Waals surface area contributed by atoms with E-state index in [2.05, 4.69) is 6.08 Å². The van der Waals surface area contributed by atoms with E-state index in [0.29, 0.717) is 12.8 Å². The van der Waals surface area contributed by atoms with Crippen molar-refractivity contribution in [2.75, 3.05) is 13.2 Å². The molecule has 2 aliphatic heterocycles. The van der Waals surface area contributed by atoms with Crippen LogP contribution in [0.5, 0.6) is 0 Å². The van der Waals surface area contributed by atoms with Crippen LogP contribution < -0.4 is 0 Å². The summed E-state index contributed by atoms with van der Waals surface area (Å²) in [7, 11) is 0. The van der Waals surface area contributed by atoms with Gasteiger partial charge in [-0.15, -0.1) is 0 Å². The minimum Gasteiger partial charge on any atom is -0.469 e. The summed E-state index contributed by atoms with van der Waals surface area (Å²) in [6.45, 7) is 1.44. The lowest BCUT2D eigenvalue weighted by molar-refractivity contribution is -0.201. The van der Waals surface area contributed by atoms with Gasteiger partial charge in [-0.2, -0.15) is 0 Å². The summed E-state index contributed by atoms with van der Waals surface area (Å²) in [6, 6.07) is 0. The molecule has 33 heavy (non-hydrogen) atoms. The van der Waals surface area contributed by atoms with Gasteiger partial charge in [0.1, 0.15) is 12.0 Å². The first-order valence-corrected chi connectivity index (χ1v) is 13.6. The van der Waals surface area contributed by atoms with Gasteiger partial charge in [-0.3, -0.25) is 0 Å². The minimum absolute atomic E-state index is 0.146. The molecule has 4 rings (SSSR count). The van der Waals surface area contributed by atoms with E-state index in [9.17, 15) is 9.90 Å². The Hall–Kier alpha value is -0.950. The van der Waals surface area contributed by atoms with Crippen LogP contribution in [0.1, 0.15) is 96.3 Å². The van der Waals surface area contributed by atoms with Crippen molar-refractivity contribution < 1.29 is 28.8 Å². The second-order valence-corrected chi connectivity index (χ2v) is 10.5. The van der Waals surface area contributed by atoms with Gasteiger partial charge in [0.05, 0.1) is 18.8 Å². The fourth-order valence-corrected chi connectivity index (χ4v) is 6.19. The van der Waals surface area contributed by atoms with Gasteiger partial charge >= 0.3 is 0 Å². The molecule has 0 aromatic heterocycles. The Balaban J connectivity index is 1.50. The monoisotopic (exact) mass is 464 g/mol. The molecule has 2 heterocycles. The number of rotatable bonds is 10. The number of allylic oxidation sites excluding steroid dienone is 1. The maximum absolute atomic E-state index is 11.5. The van der Waals surface area contributed by atoms with Crippen molar-refractivity contribution in [3.8, 4) is 0 Å². The summed E-state index contributed by atoms with van der Waals surface area (Å²) in [5.74, 6) is 1.32. The van der Waals surface area contributed by atoms with E-state index >= 15 is 0 Å². The molecule has 0 spiro atoms. The third kappa shape index (κ3) is 7.27. The minimum atomic E-state index is -0.577. The zero-order valence-corrected chi connectivity index (χ0v) is 20.2. The van der Waals surface area contributed by atoms with Gasteiger partial charge in [-0.05, 0) is 56.9 Å². The molecule has 6 nitrogen and oxygen atoms in total. The van der Waals surface area contributed by atoms with Crippen LogP contribution in [0, 0.1) is 17.8 Å². The number of aldehydes is 1. The Morgan fingerprint density at radius 3 is 2.27 bits per heavy atom. The van der Waals surface area contributed by atoms with Crippen molar-refractivity contribution in [1.82, 2.24) is 0 Å². The van der Waals surface area contributed by atoms with Crippen LogP contribution in [0.25, 0.3) is 0 Å². The Bertz CT molecular complexity index is 604. The van der Waals surface area contributed by atoms with Gasteiger partial charge in [0.2, 0.25) is 0 Å². The molecular weight excluding hydrogens is 420 g/mol. The lowest BCUT2D eigenvalue weighted by Gasteiger charge is -2.33. The van der Waals surface area contributed by atoms with Crippen molar-refractivity contribution in [3.05, 3.63) is 11.8 Å². The normalized spacial score (nSPS) is 36.6. The molecule has 0 bridgehead atoms. The van der Waals surface area contributed by atoms with Crippen LogP contribution in [0.3, 0.4) is 0 Å². The Morgan fingerprint density at radius 2 is 1.61 bits per heavy atom. The number of hydrogen-bond donors (Lipinski definition) is 1. The molecule has 2 aliphatic carbocycles. The van der Waals surface area contributed by atoms with E-state index < -0.39 is 6.10 Å². The van der Waals surface area contributed by atoms with Gasteiger partial charge in [0.25, 0.3) is 0 Å². The lowest BCUT2D eigenvalue weighted by atomic mass is 9.85. The molecule has 6 heteroatoms. The Morgan fingerprint density at radius 1 is 0.909 bits per heavy atom. The van der Waals surface area contributed by atoms with Crippen molar-refractivity contribution in [1.29, 1.82) is 0 Å². The van der Waals surface area contributed by atoms with Crippen LogP contribution in [0.4, 0.5) is 0 Å². The lowest BCUT2D eigenvalue weighted by Crippen LogP contribution is -2.34. The third-order valence-electron chi connectivity index (χ3n) is 8.04. The van der Waals surface area contributed by atoms with Crippen LogP contribution >= 0.6 is 0 Å². The van der Waals surface area contributed by atoms with E-state index in [4.69, 9.17) is 18.9 Å². The molecule has 0 aromatic carbocycles. The predicted molar refractivity (Wildman–Crippen MR) is 125 cm³/mol. The van der Waals surface area contributed by atoms with E-state index in [1.165, 1.54) is 38.5 Å². The molecule has 4 fully saturated rings. The first-order valence-electron chi connectivity index (χ1n) is 13.6. The summed E-state index contributed by atoms with van der Waals surface area (Å²) in [5.41, 5.74) is 0. The van der Waals surface area contributed by atoms with Crippen molar-refractivity contribution in [2.45, 2.75) is 121 Å². The summed E-state index contributed by atoms with van der Waals surface area (Å²) in [5, 5.41) is 10.9. The zero-order valence-electron chi connectivity index (χ0n) is 20.2. The highest BCUT2D eigenvalue weighted by molar-refractivity contribution is 5.50. The van der Waals surface area contributed by atoms with Crippen molar-refractivity contribution >= 4 is 6.29 Å². The fraction of sp³-hybridized carbons (Fsp3) is 0.889. The quantitative estimate of drug-likeness (QED) is 0.351. The average molecular weight is 465 g/mol. The van der Waals surface area contributed by atoms with E-state index in [0.717, 1.165) is 76.1 Å². The fourth-order valence-electron chi connectivity index (χ4n) is 6.19. The molecular formula is C27H44O6. The number of aliphatic hydroxyl groups is 1. The number of carbonyl (C=O) groups is 1. The summed E-state index contributed by atoms with van der Waals surface area (Å²) < 4.78 is 24.7. The third-order valence-corrected chi connectivity index (χ3v) is 8.04. The van der Waals surface area contributed by atoms with Crippen molar-refractivity contribution in [2.24, 2.45) is 17.8 Å². The van der Waals surface area contributed by atoms with E-state index in [1.807, 2.05) is 0 Å². The van der Waals surface area contributed by atoms with Gasteiger partial charge < -0.3 is 28.8 Å². The number of ether oxygens (including phenoxy) is 4. The molecule has 0 aromatic rings. The van der Waals surface area contributed by atoms with Gasteiger partial charge in [0.15, 0.2) is 12.6 Å². The molecule has 2 unspecified atom stereocenters. The molecule has 0 radical (unpaired) electrons. The maximum atomic E-state index is 11.5. The highest BCUT2D eigenvalue weighted by Crippen LogP contribution is 2.43. The van der Waals surface area contributed by atoms with E-state index in [-0.39, 0.29) is 30.5 Å². The van der Waals surface area contributed by atoms with Gasteiger partial charge in [0, 0.05) is 37.7 Å². The number of aliphatic hydroxyl groups excluding tert-OH is 1. The average Bonchev–Trinajstić information content (AvgIpc) is 3.15. The largest absolute Gasteiger partial charge is 0.469 e. The van der Waals surface area contributed by atoms with Gasteiger partial charge in [-0.25, -0.2) is 0 Å². The zero-order chi connectivity index (χ0) is 22.9. The molecule has 2 saturated carbocycles. The summed E-state index contributed by atoms with van der Waals surface area (Å²) >= 11 is 0. The second kappa shape index (κ2) is 13.2. The Kier molecular flexibility index (Phi) is 10.1. The first-order chi connectivity index (χ1) is 16.2. The second-order valence-electron chi connectivity index (χ2n) is 10.5. The standard InChI is InChI=1S/C27H44O6/c28-16-15-21-22(29)19-24(33-26-14-5-7-18-31-26)27(21)23(32-25-13-4-6-17-30-25)12-8-11-20-9-2-1-3-10-20/h12,16,20-22,24-27,29H,1-11,13-15,17-19H2/t21-,22-,24-,25?,26?,27-/m0/s1. The van der Waals surface area contributed by atoms with Crippen LogP contribution in [0.15, 0.2) is 11.8 Å². The summed E-state index contributed by atoms with van der Waals surface area (Å²) in [4.78, 5) is 11.5. The van der Waals surface area contributed by atoms with Gasteiger partial charge in [-0.1, -0.05) is 32.1 Å². The molecule has 1 N–H and O–H groups in total. The molecule has 0 amide bonds. The molecule has 4 aliphatic rings. The van der Waals surface area contributed by atoms with Crippen molar-refractivity contribution in [3.63, 3.8) is 0 Å². The smallest absolute Gasteiger partial charge is 0.199 e. The van der Waals surface area contributed by atoms with Crippen LogP contribution in [-0.4, -0.2) is 49.4 Å². The SMILES string of the molecule is O=CC[C@@H]1[C@@H](C(=CCCC2CCCCC2)OC2CCCCO2)[C@@H](OC2CCCCO2)C[C@@H]1O. The molecule has 188 valence electrons. The van der Waals surface area contributed by atoms with Crippen LogP contribution in [-0.2, 0) is 23.7 Å².